The second-order valence-electron chi connectivity index (χ2n) is 8.58. The Kier molecular flexibility index (Phi) is 4.62. The summed E-state index contributed by atoms with van der Waals surface area (Å²) in [6, 6.07) is 12.2. The van der Waals surface area contributed by atoms with E-state index in [4.69, 9.17) is 4.98 Å². The van der Waals surface area contributed by atoms with Crippen LogP contribution >= 0.6 is 0 Å². The molecule has 4 heterocycles. The van der Waals surface area contributed by atoms with Gasteiger partial charge in [-0.15, -0.1) is 0 Å². The first-order valence-corrected chi connectivity index (χ1v) is 11.1. The third-order valence-electron chi connectivity index (χ3n) is 6.41. The van der Waals surface area contributed by atoms with Crippen LogP contribution in [0.4, 0.5) is 15.9 Å². The van der Waals surface area contributed by atoms with E-state index in [1.165, 1.54) is 12.1 Å². The van der Waals surface area contributed by atoms with Crippen LogP contribution < -0.4 is 10.2 Å². The molecular formula is C25H22FN5O2. The molecule has 4 aromatic rings. The second-order valence-corrected chi connectivity index (χ2v) is 8.58. The first kappa shape index (κ1) is 19.9. The van der Waals surface area contributed by atoms with E-state index in [-0.39, 0.29) is 17.8 Å². The molecule has 0 unspecified atom stereocenters. The van der Waals surface area contributed by atoms with Gasteiger partial charge in [0.05, 0.1) is 23.9 Å². The zero-order valence-electron chi connectivity index (χ0n) is 17.8. The quantitative estimate of drug-likeness (QED) is 0.505. The SMILES string of the molecule is O=C1Cc2cc(-c3c(-c4ccc(F)cc4)nc4c(N5CCC(O)CC5)nccn34)ccc2N1. The van der Waals surface area contributed by atoms with E-state index >= 15 is 0 Å². The Morgan fingerprint density at radius 3 is 2.61 bits per heavy atom. The van der Waals surface area contributed by atoms with E-state index in [2.05, 4.69) is 15.2 Å². The zero-order chi connectivity index (χ0) is 22.5. The van der Waals surface area contributed by atoms with Gasteiger partial charge in [0.1, 0.15) is 5.82 Å². The fourth-order valence-corrected chi connectivity index (χ4v) is 4.73. The molecule has 33 heavy (non-hydrogen) atoms. The molecule has 0 radical (unpaired) electrons. The number of anilines is 2. The minimum Gasteiger partial charge on any atom is -0.393 e. The molecule has 2 aromatic carbocycles. The molecule has 0 saturated carbocycles. The maximum Gasteiger partial charge on any atom is 0.228 e. The van der Waals surface area contributed by atoms with Crippen LogP contribution in [0, 0.1) is 5.82 Å². The normalized spacial score (nSPS) is 16.3. The summed E-state index contributed by atoms with van der Waals surface area (Å²) < 4.78 is 15.7. The van der Waals surface area contributed by atoms with Crippen molar-refractivity contribution < 1.29 is 14.3 Å². The molecule has 6 rings (SSSR count). The van der Waals surface area contributed by atoms with Crippen LogP contribution in [0.3, 0.4) is 0 Å². The Balaban J connectivity index is 1.56. The van der Waals surface area contributed by atoms with Crippen molar-refractivity contribution in [1.29, 1.82) is 0 Å². The highest BCUT2D eigenvalue weighted by atomic mass is 19.1. The molecule has 0 atom stereocenters. The van der Waals surface area contributed by atoms with Crippen molar-refractivity contribution in [2.24, 2.45) is 0 Å². The van der Waals surface area contributed by atoms with Gasteiger partial charge >= 0.3 is 0 Å². The van der Waals surface area contributed by atoms with Gasteiger partial charge in [-0.05, 0) is 54.8 Å². The highest BCUT2D eigenvalue weighted by molar-refractivity contribution is 6.00. The van der Waals surface area contributed by atoms with Crippen molar-refractivity contribution >= 4 is 23.1 Å². The number of carbonyl (C=O) groups excluding carboxylic acids is 1. The van der Waals surface area contributed by atoms with E-state index in [1.54, 1.807) is 18.3 Å². The summed E-state index contributed by atoms with van der Waals surface area (Å²) in [5.74, 6) is 0.440. The third kappa shape index (κ3) is 3.43. The largest absolute Gasteiger partial charge is 0.393 e. The molecule has 1 fully saturated rings. The summed E-state index contributed by atoms with van der Waals surface area (Å²) in [6.07, 6.45) is 5.07. The molecule has 1 saturated heterocycles. The van der Waals surface area contributed by atoms with Crippen molar-refractivity contribution in [1.82, 2.24) is 14.4 Å². The molecular weight excluding hydrogens is 421 g/mol. The number of hydrogen-bond acceptors (Lipinski definition) is 5. The fourth-order valence-electron chi connectivity index (χ4n) is 4.73. The number of hydrogen-bond donors (Lipinski definition) is 2. The number of benzene rings is 2. The molecule has 2 aliphatic heterocycles. The van der Waals surface area contributed by atoms with Crippen molar-refractivity contribution in [2.45, 2.75) is 25.4 Å². The van der Waals surface area contributed by atoms with E-state index in [9.17, 15) is 14.3 Å². The number of carbonyl (C=O) groups is 1. The number of aliphatic hydroxyl groups is 1. The summed E-state index contributed by atoms with van der Waals surface area (Å²) in [5.41, 5.74) is 5.77. The van der Waals surface area contributed by atoms with Crippen LogP contribution in [-0.4, -0.2) is 44.6 Å². The summed E-state index contributed by atoms with van der Waals surface area (Å²) >= 11 is 0. The van der Waals surface area contributed by atoms with Gasteiger partial charge in [0.2, 0.25) is 5.91 Å². The lowest BCUT2D eigenvalue weighted by Gasteiger charge is -2.30. The molecule has 7 nitrogen and oxygen atoms in total. The minimum atomic E-state index is -0.305. The second kappa shape index (κ2) is 7.67. The standard InChI is InChI=1S/C25H22FN5O2/c26-18-4-1-15(2-5-18)22-23(16-3-6-20-17(13-16)14-21(33)28-20)31-12-9-27-24(25(31)29-22)30-10-7-19(32)8-11-30/h1-6,9,12-13,19,32H,7-8,10-11,14H2,(H,28,33). The van der Waals surface area contributed by atoms with Gasteiger partial charge in [-0.2, -0.15) is 0 Å². The topological polar surface area (TPSA) is 82.8 Å². The van der Waals surface area contributed by atoms with Gasteiger partial charge in [-0.3, -0.25) is 9.20 Å². The summed E-state index contributed by atoms with van der Waals surface area (Å²) in [4.78, 5) is 23.6. The van der Waals surface area contributed by atoms with E-state index in [1.807, 2.05) is 28.8 Å². The molecule has 2 N–H and O–H groups in total. The number of imidazole rings is 1. The first-order chi connectivity index (χ1) is 16.1. The maximum atomic E-state index is 13.7. The summed E-state index contributed by atoms with van der Waals surface area (Å²) in [7, 11) is 0. The predicted octanol–water partition coefficient (Wildman–Crippen LogP) is 3.66. The van der Waals surface area contributed by atoms with E-state index in [0.717, 1.165) is 39.6 Å². The number of aliphatic hydroxyl groups excluding tert-OH is 1. The maximum absolute atomic E-state index is 13.7. The van der Waals surface area contributed by atoms with Crippen molar-refractivity contribution in [3.63, 3.8) is 0 Å². The molecule has 8 heteroatoms. The van der Waals surface area contributed by atoms with Crippen LogP contribution in [0.25, 0.3) is 28.2 Å². The molecule has 1 amide bonds. The molecule has 2 aliphatic rings. The van der Waals surface area contributed by atoms with Crippen LogP contribution in [-0.2, 0) is 11.2 Å². The summed E-state index contributed by atoms with van der Waals surface area (Å²) in [5, 5.41) is 12.8. The molecule has 166 valence electrons. The number of piperidine rings is 1. The number of aromatic nitrogens is 3. The van der Waals surface area contributed by atoms with Crippen LogP contribution in [0.1, 0.15) is 18.4 Å². The average Bonchev–Trinajstić information content (AvgIpc) is 3.39. The van der Waals surface area contributed by atoms with Gasteiger partial charge in [-0.1, -0.05) is 6.07 Å². The summed E-state index contributed by atoms with van der Waals surface area (Å²) in [6.45, 7) is 1.41. The van der Waals surface area contributed by atoms with E-state index < -0.39 is 0 Å². The van der Waals surface area contributed by atoms with Crippen molar-refractivity contribution in [3.8, 4) is 22.5 Å². The van der Waals surface area contributed by atoms with E-state index in [0.29, 0.717) is 38.0 Å². The first-order valence-electron chi connectivity index (χ1n) is 11.1. The number of rotatable bonds is 3. The number of halogens is 1. The average molecular weight is 443 g/mol. The number of nitrogens with zero attached hydrogens (tertiary/aromatic N) is 4. The van der Waals surface area contributed by atoms with Gasteiger partial charge < -0.3 is 15.3 Å². The van der Waals surface area contributed by atoms with Crippen LogP contribution in [0.5, 0.6) is 0 Å². The van der Waals surface area contributed by atoms with Gasteiger partial charge in [-0.25, -0.2) is 14.4 Å². The monoisotopic (exact) mass is 443 g/mol. The highest BCUT2D eigenvalue weighted by Gasteiger charge is 2.25. The smallest absolute Gasteiger partial charge is 0.228 e. The molecule has 0 bridgehead atoms. The zero-order valence-corrected chi connectivity index (χ0v) is 17.8. The number of fused-ring (bicyclic) bond motifs is 2. The Bertz CT molecular complexity index is 1370. The van der Waals surface area contributed by atoms with Crippen molar-refractivity contribution in [2.75, 3.05) is 23.3 Å². The number of amides is 1. The molecule has 0 aliphatic carbocycles. The Morgan fingerprint density at radius 1 is 1.06 bits per heavy atom. The van der Waals surface area contributed by atoms with Gasteiger partial charge in [0.15, 0.2) is 11.5 Å². The lowest BCUT2D eigenvalue weighted by atomic mass is 10.0. The third-order valence-corrected chi connectivity index (χ3v) is 6.41. The minimum absolute atomic E-state index is 0.0159. The Morgan fingerprint density at radius 2 is 1.82 bits per heavy atom. The lowest BCUT2D eigenvalue weighted by Crippen LogP contribution is -2.36. The highest BCUT2D eigenvalue weighted by Crippen LogP contribution is 2.37. The van der Waals surface area contributed by atoms with Gasteiger partial charge in [0, 0.05) is 42.3 Å². The molecule has 0 spiro atoms. The number of nitrogens with one attached hydrogen (secondary N) is 1. The Hall–Kier alpha value is -3.78. The predicted molar refractivity (Wildman–Crippen MR) is 124 cm³/mol. The van der Waals surface area contributed by atoms with Crippen LogP contribution in [0.15, 0.2) is 54.9 Å². The lowest BCUT2D eigenvalue weighted by molar-refractivity contribution is -0.115. The Labute approximate surface area is 189 Å². The van der Waals surface area contributed by atoms with Gasteiger partial charge in [0.25, 0.3) is 0 Å². The van der Waals surface area contributed by atoms with Crippen LogP contribution in [0.2, 0.25) is 0 Å². The van der Waals surface area contributed by atoms with Crippen molar-refractivity contribution in [3.05, 3.63) is 66.2 Å². The fraction of sp³-hybridized carbons (Fsp3) is 0.240. The molecule has 2 aromatic heterocycles.